The normalized spacial score (nSPS) is 16.5. The van der Waals surface area contributed by atoms with E-state index in [1.165, 1.54) is 19.3 Å². The van der Waals surface area contributed by atoms with Gasteiger partial charge in [0.1, 0.15) is 0 Å². The summed E-state index contributed by atoms with van der Waals surface area (Å²) in [6.07, 6.45) is 7.00. The van der Waals surface area contributed by atoms with Crippen LogP contribution in [0.2, 0.25) is 10.0 Å². The Morgan fingerprint density at radius 3 is 2.41 bits per heavy atom. The molecule has 0 bridgehead atoms. The topological polar surface area (TPSA) is 20.3 Å². The standard InChI is InChI=1S/C17H21Cl2NO.ClH/c1-17(2,20-10-4-3-5-11-20)16(21)9-7-13-6-8-14(18)12-15(13)19;/h6-9,12H,3-5,10-11H2,1-2H3;1H/b9-7+;. The quantitative estimate of drug-likeness (QED) is 0.681. The van der Waals surface area contributed by atoms with Crippen molar-refractivity contribution in [1.82, 2.24) is 4.90 Å². The molecule has 1 heterocycles. The summed E-state index contributed by atoms with van der Waals surface area (Å²) in [5.41, 5.74) is 0.347. The number of halogens is 3. The summed E-state index contributed by atoms with van der Waals surface area (Å²) in [6.45, 7) is 5.98. The summed E-state index contributed by atoms with van der Waals surface area (Å²) in [4.78, 5) is 14.8. The maximum Gasteiger partial charge on any atom is 0.175 e. The lowest BCUT2D eigenvalue weighted by Crippen LogP contribution is -2.51. The molecule has 0 aliphatic carbocycles. The molecule has 0 aromatic heterocycles. The third kappa shape index (κ3) is 4.73. The van der Waals surface area contributed by atoms with Crippen LogP contribution in [-0.4, -0.2) is 29.3 Å². The number of likely N-dealkylation sites (tertiary alicyclic amines) is 1. The van der Waals surface area contributed by atoms with Gasteiger partial charge in [-0.3, -0.25) is 9.69 Å². The van der Waals surface area contributed by atoms with Gasteiger partial charge in [0.2, 0.25) is 0 Å². The number of carbonyl (C=O) groups excluding carboxylic acids is 1. The first kappa shape index (κ1) is 19.5. The largest absolute Gasteiger partial charge is 0.293 e. The van der Waals surface area contributed by atoms with Crippen molar-refractivity contribution in [3.05, 3.63) is 39.9 Å². The smallest absolute Gasteiger partial charge is 0.175 e. The number of nitrogens with zero attached hydrogens (tertiary/aromatic N) is 1. The fourth-order valence-electron chi connectivity index (χ4n) is 2.61. The first-order valence-corrected chi connectivity index (χ1v) is 8.09. The molecular weight excluding hydrogens is 341 g/mol. The minimum atomic E-state index is -0.462. The van der Waals surface area contributed by atoms with E-state index in [2.05, 4.69) is 4.90 Å². The van der Waals surface area contributed by atoms with Gasteiger partial charge >= 0.3 is 0 Å². The van der Waals surface area contributed by atoms with E-state index in [9.17, 15) is 4.79 Å². The Balaban J connectivity index is 0.00000242. The van der Waals surface area contributed by atoms with Gasteiger partial charge in [0.25, 0.3) is 0 Å². The molecule has 5 heteroatoms. The highest BCUT2D eigenvalue weighted by molar-refractivity contribution is 6.35. The first-order valence-electron chi connectivity index (χ1n) is 7.34. The van der Waals surface area contributed by atoms with Crippen LogP contribution in [0.5, 0.6) is 0 Å². The number of carbonyl (C=O) groups is 1. The van der Waals surface area contributed by atoms with Crippen molar-refractivity contribution in [2.75, 3.05) is 13.1 Å². The third-order valence-corrected chi connectivity index (χ3v) is 4.69. The van der Waals surface area contributed by atoms with E-state index in [0.717, 1.165) is 18.7 Å². The van der Waals surface area contributed by atoms with Crippen molar-refractivity contribution >= 4 is 47.5 Å². The van der Waals surface area contributed by atoms with Crippen molar-refractivity contribution in [3.63, 3.8) is 0 Å². The summed E-state index contributed by atoms with van der Waals surface area (Å²) >= 11 is 12.0. The molecule has 1 fully saturated rings. The molecule has 1 saturated heterocycles. The molecular formula is C17H22Cl3NO. The van der Waals surface area contributed by atoms with Gasteiger partial charge in [-0.25, -0.2) is 0 Å². The molecule has 1 aliphatic heterocycles. The number of hydrogen-bond acceptors (Lipinski definition) is 2. The Morgan fingerprint density at radius 2 is 1.82 bits per heavy atom. The Kier molecular flexibility index (Phi) is 7.40. The third-order valence-electron chi connectivity index (χ3n) is 4.13. The molecule has 0 radical (unpaired) electrons. The molecule has 1 aromatic carbocycles. The van der Waals surface area contributed by atoms with Gasteiger partial charge in [-0.2, -0.15) is 0 Å². The van der Waals surface area contributed by atoms with E-state index in [1.54, 1.807) is 24.3 Å². The molecule has 0 amide bonds. The van der Waals surface area contributed by atoms with Crippen molar-refractivity contribution in [2.24, 2.45) is 0 Å². The van der Waals surface area contributed by atoms with Crippen molar-refractivity contribution in [3.8, 4) is 0 Å². The lowest BCUT2D eigenvalue weighted by Gasteiger charge is -2.39. The zero-order chi connectivity index (χ0) is 15.5. The SMILES string of the molecule is CC(C)(C(=O)/C=C/c1ccc(Cl)cc1Cl)N1CCCCC1.Cl. The van der Waals surface area contributed by atoms with Crippen LogP contribution < -0.4 is 0 Å². The number of ketones is 1. The molecule has 0 unspecified atom stereocenters. The van der Waals surface area contributed by atoms with Crippen molar-refractivity contribution in [1.29, 1.82) is 0 Å². The summed E-state index contributed by atoms with van der Waals surface area (Å²) in [7, 11) is 0. The van der Waals surface area contributed by atoms with Gasteiger partial charge in [0, 0.05) is 10.0 Å². The minimum Gasteiger partial charge on any atom is -0.293 e. The number of rotatable bonds is 4. The molecule has 0 N–H and O–H groups in total. The van der Waals surface area contributed by atoms with Crippen LogP contribution in [0.1, 0.15) is 38.7 Å². The molecule has 122 valence electrons. The Morgan fingerprint density at radius 1 is 1.18 bits per heavy atom. The van der Waals surface area contributed by atoms with Crippen molar-refractivity contribution < 1.29 is 4.79 Å². The van der Waals surface area contributed by atoms with Gasteiger partial charge in [0.05, 0.1) is 5.54 Å². The Bertz CT molecular complexity index is 549. The van der Waals surface area contributed by atoms with Gasteiger partial charge < -0.3 is 0 Å². The zero-order valence-electron chi connectivity index (χ0n) is 12.9. The van der Waals surface area contributed by atoms with Crippen LogP contribution in [0.15, 0.2) is 24.3 Å². The molecule has 0 saturated carbocycles. The summed E-state index contributed by atoms with van der Waals surface area (Å²) in [5.74, 6) is 0.107. The highest BCUT2D eigenvalue weighted by Crippen LogP contribution is 2.24. The van der Waals surface area contributed by atoms with Crippen LogP contribution in [0.3, 0.4) is 0 Å². The predicted octanol–water partition coefficient (Wildman–Crippen LogP) is 5.26. The van der Waals surface area contributed by atoms with E-state index < -0.39 is 5.54 Å². The second kappa shape index (κ2) is 8.35. The van der Waals surface area contributed by atoms with E-state index in [0.29, 0.717) is 10.0 Å². The molecule has 22 heavy (non-hydrogen) atoms. The maximum atomic E-state index is 12.5. The van der Waals surface area contributed by atoms with Crippen LogP contribution >= 0.6 is 35.6 Å². The monoisotopic (exact) mass is 361 g/mol. The van der Waals surface area contributed by atoms with Gasteiger partial charge in [-0.05, 0) is 69.6 Å². The summed E-state index contributed by atoms with van der Waals surface area (Å²) < 4.78 is 0. The zero-order valence-corrected chi connectivity index (χ0v) is 15.3. The highest BCUT2D eigenvalue weighted by Gasteiger charge is 2.33. The van der Waals surface area contributed by atoms with Crippen LogP contribution in [0.25, 0.3) is 6.08 Å². The number of benzene rings is 1. The van der Waals surface area contributed by atoms with E-state index in [4.69, 9.17) is 23.2 Å². The van der Waals surface area contributed by atoms with Crippen molar-refractivity contribution in [2.45, 2.75) is 38.6 Å². The lowest BCUT2D eigenvalue weighted by atomic mass is 9.93. The molecule has 2 rings (SSSR count). The summed E-state index contributed by atoms with van der Waals surface area (Å²) in [5, 5.41) is 1.15. The fourth-order valence-corrected chi connectivity index (χ4v) is 3.09. The first-order chi connectivity index (χ1) is 9.91. The fraction of sp³-hybridized carbons (Fsp3) is 0.471. The van der Waals surface area contributed by atoms with E-state index >= 15 is 0 Å². The van der Waals surface area contributed by atoms with E-state index in [-0.39, 0.29) is 18.2 Å². The lowest BCUT2D eigenvalue weighted by molar-refractivity contribution is -0.125. The molecule has 0 spiro atoms. The summed E-state index contributed by atoms with van der Waals surface area (Å²) in [6, 6.07) is 5.28. The van der Waals surface area contributed by atoms with Crippen LogP contribution in [0.4, 0.5) is 0 Å². The Labute approximate surface area is 148 Å². The molecule has 0 atom stereocenters. The predicted molar refractivity (Wildman–Crippen MR) is 97.3 cm³/mol. The van der Waals surface area contributed by atoms with Gasteiger partial charge in [-0.15, -0.1) is 12.4 Å². The maximum absolute atomic E-state index is 12.5. The second-order valence-electron chi connectivity index (χ2n) is 5.97. The number of piperidine rings is 1. The van der Waals surface area contributed by atoms with Gasteiger partial charge in [-0.1, -0.05) is 35.7 Å². The molecule has 1 aliphatic rings. The number of hydrogen-bond donors (Lipinski definition) is 0. The van der Waals surface area contributed by atoms with Crippen LogP contribution in [0, 0.1) is 0 Å². The average molecular weight is 363 g/mol. The Hall–Kier alpha value is -0.540. The average Bonchev–Trinajstić information content (AvgIpc) is 2.47. The molecule has 2 nitrogen and oxygen atoms in total. The van der Waals surface area contributed by atoms with Gasteiger partial charge in [0.15, 0.2) is 5.78 Å². The second-order valence-corrected chi connectivity index (χ2v) is 6.81. The van der Waals surface area contributed by atoms with E-state index in [1.807, 2.05) is 19.9 Å². The minimum absolute atomic E-state index is 0. The molecule has 1 aromatic rings. The van der Waals surface area contributed by atoms with Crippen LogP contribution in [-0.2, 0) is 4.79 Å². The highest BCUT2D eigenvalue weighted by atomic mass is 35.5.